The number of nitrogens with two attached hydrogens (primary N) is 1. The molecule has 0 aromatic heterocycles. The van der Waals surface area contributed by atoms with E-state index in [0.717, 1.165) is 31.9 Å². The molecule has 0 aliphatic carbocycles. The molecule has 0 saturated carbocycles. The molecule has 21 heavy (non-hydrogen) atoms. The van der Waals surface area contributed by atoms with Crippen LogP contribution in [-0.4, -0.2) is 55.6 Å². The lowest BCUT2D eigenvalue weighted by Gasteiger charge is -2.31. The van der Waals surface area contributed by atoms with Crippen molar-refractivity contribution < 1.29 is 5.11 Å². The summed E-state index contributed by atoms with van der Waals surface area (Å²) in [6.07, 6.45) is -0.185. The summed E-state index contributed by atoms with van der Waals surface area (Å²) < 4.78 is 0. The Morgan fingerprint density at radius 1 is 1.10 bits per heavy atom. The van der Waals surface area contributed by atoms with Crippen LogP contribution in [0.15, 0.2) is 24.3 Å². The number of rotatable bonds is 7. The van der Waals surface area contributed by atoms with E-state index < -0.39 is 0 Å². The van der Waals surface area contributed by atoms with Crippen molar-refractivity contribution >= 4 is 23.8 Å². The van der Waals surface area contributed by atoms with Gasteiger partial charge in [0, 0.05) is 19.6 Å². The number of halogens is 1. The second-order valence-corrected chi connectivity index (χ2v) is 5.04. The van der Waals surface area contributed by atoms with Gasteiger partial charge in [-0.3, -0.25) is 5.73 Å². The molecule has 0 radical (unpaired) electrons. The van der Waals surface area contributed by atoms with E-state index in [-0.39, 0.29) is 25.3 Å². The van der Waals surface area contributed by atoms with Gasteiger partial charge in [0.25, 0.3) is 0 Å². The van der Waals surface area contributed by atoms with Crippen LogP contribution in [0.4, 0.5) is 11.4 Å². The van der Waals surface area contributed by atoms with E-state index in [2.05, 4.69) is 40.7 Å². The molecule has 1 aromatic rings. The van der Waals surface area contributed by atoms with Gasteiger partial charge in [-0.25, -0.2) is 0 Å². The topological polar surface area (TPSA) is 56.0 Å². The third-order valence-electron chi connectivity index (χ3n) is 4.03. The van der Waals surface area contributed by atoms with Gasteiger partial charge in [-0.2, -0.15) is 0 Å². The first-order valence-electron chi connectivity index (χ1n) is 7.44. The normalized spacial score (nSPS) is 17.1. The van der Waals surface area contributed by atoms with Gasteiger partial charge in [0.05, 0.1) is 18.0 Å². The standard InChI is InChI=1S/C15H26N4O.ClH/c1-3-17(4-2)9-10-18-13-7-5-6-8-14(13)19(11-12-20)15(18)16;/h5-8,15,20H,3-4,9-12,16H2,1-2H3;1H. The number of likely N-dealkylation sites (N-methyl/N-ethyl adjacent to an activating group) is 1. The molecule has 6 heteroatoms. The molecule has 1 aliphatic heterocycles. The maximum atomic E-state index is 9.23. The van der Waals surface area contributed by atoms with Gasteiger partial charge in [-0.15, -0.1) is 12.4 Å². The maximum Gasteiger partial charge on any atom is 0.155 e. The molecule has 1 aromatic carbocycles. The number of aliphatic hydroxyl groups is 1. The summed E-state index contributed by atoms with van der Waals surface area (Å²) in [5.74, 6) is 0. The zero-order valence-electron chi connectivity index (χ0n) is 12.9. The summed E-state index contributed by atoms with van der Waals surface area (Å²) in [5.41, 5.74) is 8.64. The van der Waals surface area contributed by atoms with Crippen molar-refractivity contribution in [2.75, 3.05) is 49.1 Å². The summed E-state index contributed by atoms with van der Waals surface area (Å²) in [4.78, 5) is 6.69. The number of aliphatic hydroxyl groups excluding tert-OH is 1. The van der Waals surface area contributed by atoms with Crippen LogP contribution in [0.3, 0.4) is 0 Å². The first-order valence-corrected chi connectivity index (χ1v) is 7.44. The van der Waals surface area contributed by atoms with Gasteiger partial charge in [-0.1, -0.05) is 26.0 Å². The molecule has 1 aliphatic rings. The van der Waals surface area contributed by atoms with E-state index in [1.54, 1.807) is 0 Å². The van der Waals surface area contributed by atoms with E-state index in [9.17, 15) is 5.11 Å². The van der Waals surface area contributed by atoms with Crippen LogP contribution in [0.1, 0.15) is 13.8 Å². The van der Waals surface area contributed by atoms with Crippen LogP contribution < -0.4 is 15.5 Å². The number of para-hydroxylation sites is 2. The quantitative estimate of drug-likeness (QED) is 0.795. The van der Waals surface area contributed by atoms with Crippen molar-refractivity contribution in [3.05, 3.63) is 24.3 Å². The van der Waals surface area contributed by atoms with Crippen molar-refractivity contribution in [3.8, 4) is 0 Å². The van der Waals surface area contributed by atoms with Gasteiger partial charge in [-0.05, 0) is 25.2 Å². The highest BCUT2D eigenvalue weighted by Crippen LogP contribution is 2.37. The highest BCUT2D eigenvalue weighted by atomic mass is 35.5. The second kappa shape index (κ2) is 8.44. The molecule has 1 heterocycles. The van der Waals surface area contributed by atoms with Crippen molar-refractivity contribution in [3.63, 3.8) is 0 Å². The number of hydrogen-bond donors (Lipinski definition) is 2. The van der Waals surface area contributed by atoms with Crippen molar-refractivity contribution in [2.24, 2.45) is 5.73 Å². The summed E-state index contributed by atoms with van der Waals surface area (Å²) in [6, 6.07) is 8.24. The highest BCUT2D eigenvalue weighted by Gasteiger charge is 2.32. The van der Waals surface area contributed by atoms with Crippen molar-refractivity contribution in [2.45, 2.75) is 20.1 Å². The zero-order valence-corrected chi connectivity index (χ0v) is 13.7. The van der Waals surface area contributed by atoms with E-state index >= 15 is 0 Å². The summed E-state index contributed by atoms with van der Waals surface area (Å²) in [7, 11) is 0. The lowest BCUT2D eigenvalue weighted by atomic mass is 10.2. The molecule has 3 N–H and O–H groups in total. The van der Waals surface area contributed by atoms with Crippen LogP contribution in [0.5, 0.6) is 0 Å². The minimum Gasteiger partial charge on any atom is -0.395 e. The maximum absolute atomic E-state index is 9.23. The van der Waals surface area contributed by atoms with Gasteiger partial charge < -0.3 is 19.8 Å². The zero-order chi connectivity index (χ0) is 14.5. The molecular formula is C15H27ClN4O. The summed E-state index contributed by atoms with van der Waals surface area (Å²) in [6.45, 7) is 9.07. The smallest absolute Gasteiger partial charge is 0.155 e. The average Bonchev–Trinajstić information content (AvgIpc) is 2.74. The average molecular weight is 315 g/mol. The fourth-order valence-corrected chi connectivity index (χ4v) is 2.81. The first-order chi connectivity index (χ1) is 9.72. The predicted molar refractivity (Wildman–Crippen MR) is 91.2 cm³/mol. The van der Waals surface area contributed by atoms with Crippen LogP contribution in [0, 0.1) is 0 Å². The van der Waals surface area contributed by atoms with Crippen LogP contribution in [0.25, 0.3) is 0 Å². The number of fused-ring (bicyclic) bond motifs is 1. The Morgan fingerprint density at radius 3 is 2.10 bits per heavy atom. The molecular weight excluding hydrogens is 288 g/mol. The fourth-order valence-electron chi connectivity index (χ4n) is 2.81. The minimum absolute atomic E-state index is 0. The molecule has 0 bridgehead atoms. The molecule has 2 rings (SSSR count). The largest absolute Gasteiger partial charge is 0.395 e. The lowest BCUT2D eigenvalue weighted by Crippen LogP contribution is -2.52. The Hall–Kier alpha value is -1.01. The Morgan fingerprint density at radius 2 is 1.62 bits per heavy atom. The third-order valence-corrected chi connectivity index (χ3v) is 4.03. The highest BCUT2D eigenvalue weighted by molar-refractivity contribution is 5.85. The molecule has 120 valence electrons. The van der Waals surface area contributed by atoms with Gasteiger partial charge in [0.1, 0.15) is 0 Å². The monoisotopic (exact) mass is 314 g/mol. The van der Waals surface area contributed by atoms with Gasteiger partial charge >= 0.3 is 0 Å². The second-order valence-electron chi connectivity index (χ2n) is 5.04. The molecule has 1 unspecified atom stereocenters. The van der Waals surface area contributed by atoms with Gasteiger partial charge in [0.15, 0.2) is 6.29 Å². The Kier molecular flexibility index (Phi) is 7.25. The molecule has 0 spiro atoms. The van der Waals surface area contributed by atoms with E-state index in [4.69, 9.17) is 5.73 Å². The Balaban J connectivity index is 0.00000220. The Bertz CT molecular complexity index is 428. The van der Waals surface area contributed by atoms with Crippen molar-refractivity contribution in [1.29, 1.82) is 0 Å². The lowest BCUT2D eigenvalue weighted by molar-refractivity contribution is 0.293. The molecule has 1 atom stereocenters. The van der Waals surface area contributed by atoms with Crippen LogP contribution in [0.2, 0.25) is 0 Å². The van der Waals surface area contributed by atoms with Crippen LogP contribution in [-0.2, 0) is 0 Å². The van der Waals surface area contributed by atoms with E-state index in [0.29, 0.717) is 6.54 Å². The number of nitrogens with zero attached hydrogens (tertiary/aromatic N) is 3. The number of benzene rings is 1. The summed E-state index contributed by atoms with van der Waals surface area (Å²) in [5, 5.41) is 9.23. The number of hydrogen-bond acceptors (Lipinski definition) is 5. The Labute approximate surface area is 133 Å². The molecule has 0 amide bonds. The molecule has 0 saturated heterocycles. The molecule has 5 nitrogen and oxygen atoms in total. The summed E-state index contributed by atoms with van der Waals surface area (Å²) >= 11 is 0. The van der Waals surface area contributed by atoms with E-state index in [1.807, 2.05) is 12.1 Å². The van der Waals surface area contributed by atoms with Gasteiger partial charge in [0.2, 0.25) is 0 Å². The minimum atomic E-state index is -0.185. The SMILES string of the molecule is CCN(CC)CCN1c2ccccc2N(CCO)C1N.Cl. The molecule has 0 fully saturated rings. The van der Waals surface area contributed by atoms with Crippen LogP contribution >= 0.6 is 12.4 Å². The fraction of sp³-hybridized carbons (Fsp3) is 0.600. The predicted octanol–water partition coefficient (Wildman–Crippen LogP) is 1.31. The first kappa shape index (κ1) is 18.0. The number of anilines is 2. The number of β-amino-alcohol motifs (C(OH)–C–C–N with tert-alkyl or cyclic N) is 1. The van der Waals surface area contributed by atoms with E-state index in [1.165, 1.54) is 5.69 Å². The van der Waals surface area contributed by atoms with Crippen molar-refractivity contribution in [1.82, 2.24) is 4.90 Å². The third kappa shape index (κ3) is 3.80.